The summed E-state index contributed by atoms with van der Waals surface area (Å²) >= 11 is 6.56. The van der Waals surface area contributed by atoms with E-state index in [1.54, 1.807) is 12.1 Å². The minimum absolute atomic E-state index is 0. The number of nitrogens with zero attached hydrogens (tertiary/aromatic N) is 1. The lowest BCUT2D eigenvalue weighted by molar-refractivity contribution is -0.137. The first kappa shape index (κ1) is 31.0. The Morgan fingerprint density at radius 1 is 1.03 bits per heavy atom. The Morgan fingerprint density at radius 2 is 1.72 bits per heavy atom. The second kappa shape index (κ2) is 13.5. The normalized spacial score (nSPS) is 19.0. The number of benzene rings is 2. The fourth-order valence-corrected chi connectivity index (χ4v) is 5.34. The van der Waals surface area contributed by atoms with Crippen molar-refractivity contribution in [2.24, 2.45) is 0 Å². The Kier molecular flexibility index (Phi) is 11.7. The van der Waals surface area contributed by atoms with Crippen LogP contribution in [0.1, 0.15) is 54.7 Å². The first-order valence-electron chi connectivity index (χ1n) is 12.0. The number of ether oxygens (including phenoxy) is 1. The molecule has 4 nitrogen and oxygen atoms in total. The minimum atomic E-state index is -4.39. The van der Waals surface area contributed by atoms with E-state index in [9.17, 15) is 18.3 Å². The lowest BCUT2D eigenvalue weighted by Crippen LogP contribution is -2.49. The first-order chi connectivity index (χ1) is 16.2. The van der Waals surface area contributed by atoms with E-state index < -0.39 is 17.3 Å². The van der Waals surface area contributed by atoms with Gasteiger partial charge in [0.15, 0.2) is 0 Å². The molecule has 2 aromatic rings. The first-order valence-corrected chi connectivity index (χ1v) is 12.4. The molecule has 2 aromatic carbocycles. The highest BCUT2D eigenvalue weighted by atomic mass is 35.5. The molecule has 2 fully saturated rings. The van der Waals surface area contributed by atoms with E-state index in [1.807, 2.05) is 12.1 Å². The molecule has 0 bridgehead atoms. The van der Waals surface area contributed by atoms with Gasteiger partial charge in [0.05, 0.1) is 16.2 Å². The molecule has 0 radical (unpaired) electrons. The van der Waals surface area contributed by atoms with Gasteiger partial charge in [0.25, 0.3) is 0 Å². The summed E-state index contributed by atoms with van der Waals surface area (Å²) in [6.07, 6.45) is 0.325. The van der Waals surface area contributed by atoms with Crippen LogP contribution in [-0.2, 0) is 12.8 Å². The molecule has 4 rings (SSSR count). The van der Waals surface area contributed by atoms with Gasteiger partial charge in [-0.25, -0.2) is 0 Å². The molecule has 1 heterocycles. The molecule has 1 atom stereocenters. The summed E-state index contributed by atoms with van der Waals surface area (Å²) in [4.78, 5) is 2.39. The van der Waals surface area contributed by atoms with Gasteiger partial charge in [0.2, 0.25) is 0 Å². The van der Waals surface area contributed by atoms with Crippen LogP contribution >= 0.6 is 36.4 Å². The van der Waals surface area contributed by atoms with Crippen molar-refractivity contribution in [1.29, 1.82) is 0 Å². The maximum atomic E-state index is 13.0. The highest BCUT2D eigenvalue weighted by Crippen LogP contribution is 2.42. The SMILES string of the molecule is Cl.Cl.OC1(C(CN2CCNCC2)c2ccc(OCc3cccc(C(F)(F)F)c3)c(Cl)c2)CCCCC1. The van der Waals surface area contributed by atoms with Crippen molar-refractivity contribution in [2.75, 3.05) is 32.7 Å². The van der Waals surface area contributed by atoms with Crippen molar-refractivity contribution in [3.8, 4) is 5.75 Å². The van der Waals surface area contributed by atoms with Crippen molar-refractivity contribution < 1.29 is 23.0 Å². The van der Waals surface area contributed by atoms with Gasteiger partial charge in [0.1, 0.15) is 12.4 Å². The summed E-state index contributed by atoms with van der Waals surface area (Å²) in [5.74, 6) is 0.348. The van der Waals surface area contributed by atoms with Crippen LogP contribution < -0.4 is 10.1 Å². The average molecular weight is 570 g/mol. The molecule has 0 amide bonds. The third-order valence-electron chi connectivity index (χ3n) is 7.03. The fraction of sp³-hybridized carbons (Fsp3) is 0.538. The average Bonchev–Trinajstić information content (AvgIpc) is 2.82. The standard InChI is InChI=1S/C26H32ClF3N2O2.2ClH/c27-23-16-20(7-8-24(23)34-18-19-5-4-6-21(15-19)26(28,29)30)22(17-32-13-11-31-12-14-32)25(33)9-2-1-3-10-25;;/h4-8,15-16,22,31,33H,1-3,9-14,17-18H2;2*1H. The Hall–Kier alpha value is -1.22. The number of hydrogen-bond donors (Lipinski definition) is 2. The third kappa shape index (κ3) is 7.89. The van der Waals surface area contributed by atoms with Gasteiger partial charge in [-0.15, -0.1) is 24.8 Å². The summed E-state index contributed by atoms with van der Waals surface area (Å²) in [6.45, 7) is 4.51. The lowest BCUT2D eigenvalue weighted by atomic mass is 9.72. The Bertz CT molecular complexity index is 966. The molecular formula is C26H34Cl3F3N2O2. The number of halogens is 6. The molecule has 0 spiro atoms. The summed E-state index contributed by atoms with van der Waals surface area (Å²) in [7, 11) is 0. The zero-order valence-electron chi connectivity index (χ0n) is 20.0. The van der Waals surface area contributed by atoms with Gasteiger partial charge < -0.3 is 20.1 Å². The van der Waals surface area contributed by atoms with Crippen molar-refractivity contribution in [3.63, 3.8) is 0 Å². The quantitative estimate of drug-likeness (QED) is 0.401. The van der Waals surface area contributed by atoms with Crippen LogP contribution in [0.2, 0.25) is 5.02 Å². The molecular weight excluding hydrogens is 536 g/mol. The van der Waals surface area contributed by atoms with Crippen LogP contribution in [0.3, 0.4) is 0 Å². The van der Waals surface area contributed by atoms with Crippen LogP contribution in [0.15, 0.2) is 42.5 Å². The summed E-state index contributed by atoms with van der Waals surface area (Å²) in [5.41, 5.74) is -0.0821. The number of alkyl halides is 3. The molecule has 10 heteroatoms. The van der Waals surface area contributed by atoms with E-state index in [1.165, 1.54) is 6.07 Å². The van der Waals surface area contributed by atoms with Crippen molar-refractivity contribution in [1.82, 2.24) is 10.2 Å². The van der Waals surface area contributed by atoms with Crippen LogP contribution in [0.4, 0.5) is 13.2 Å². The van der Waals surface area contributed by atoms with E-state index in [-0.39, 0.29) is 37.3 Å². The third-order valence-corrected chi connectivity index (χ3v) is 7.32. The maximum Gasteiger partial charge on any atom is 0.416 e. The number of piperazine rings is 1. The lowest BCUT2D eigenvalue weighted by Gasteiger charge is -2.42. The zero-order chi connectivity index (χ0) is 24.2. The molecule has 2 aliphatic rings. The number of nitrogens with one attached hydrogen (secondary N) is 1. The maximum absolute atomic E-state index is 13.0. The van der Waals surface area contributed by atoms with E-state index in [4.69, 9.17) is 16.3 Å². The minimum Gasteiger partial charge on any atom is -0.487 e. The van der Waals surface area contributed by atoms with E-state index in [0.717, 1.165) is 82.5 Å². The molecule has 36 heavy (non-hydrogen) atoms. The predicted octanol–water partition coefficient (Wildman–Crippen LogP) is 6.47. The van der Waals surface area contributed by atoms with Gasteiger partial charge in [-0.1, -0.05) is 49.1 Å². The van der Waals surface area contributed by atoms with E-state index >= 15 is 0 Å². The van der Waals surface area contributed by atoms with Crippen molar-refractivity contribution in [3.05, 3.63) is 64.2 Å². The van der Waals surface area contributed by atoms with E-state index in [0.29, 0.717) is 16.3 Å². The number of aliphatic hydroxyl groups is 1. The fourth-order valence-electron chi connectivity index (χ4n) is 5.10. The van der Waals surface area contributed by atoms with Crippen molar-refractivity contribution in [2.45, 2.75) is 56.4 Å². The molecule has 0 aromatic heterocycles. The summed E-state index contributed by atoms with van der Waals surface area (Å²) < 4.78 is 44.7. The van der Waals surface area contributed by atoms with E-state index in [2.05, 4.69) is 10.2 Å². The Labute approximate surface area is 228 Å². The zero-order valence-corrected chi connectivity index (χ0v) is 22.4. The second-order valence-corrected chi connectivity index (χ2v) is 9.85. The van der Waals surface area contributed by atoms with Crippen LogP contribution in [-0.4, -0.2) is 48.3 Å². The largest absolute Gasteiger partial charge is 0.487 e. The van der Waals surface area contributed by atoms with Gasteiger partial charge in [-0.3, -0.25) is 0 Å². The molecule has 1 saturated carbocycles. The highest BCUT2D eigenvalue weighted by molar-refractivity contribution is 6.32. The predicted molar refractivity (Wildman–Crippen MR) is 142 cm³/mol. The summed E-state index contributed by atoms with van der Waals surface area (Å²) in [5, 5.41) is 15.4. The molecule has 1 aliphatic carbocycles. The second-order valence-electron chi connectivity index (χ2n) is 9.44. The van der Waals surface area contributed by atoms with Crippen LogP contribution in [0.5, 0.6) is 5.75 Å². The molecule has 1 aliphatic heterocycles. The molecule has 2 N–H and O–H groups in total. The number of rotatable bonds is 7. The molecule has 1 unspecified atom stereocenters. The molecule has 1 saturated heterocycles. The highest BCUT2D eigenvalue weighted by Gasteiger charge is 2.40. The van der Waals surface area contributed by atoms with Gasteiger partial charge in [-0.05, 0) is 48.2 Å². The van der Waals surface area contributed by atoms with Crippen LogP contribution in [0.25, 0.3) is 0 Å². The van der Waals surface area contributed by atoms with Gasteiger partial charge in [-0.2, -0.15) is 13.2 Å². The van der Waals surface area contributed by atoms with Crippen molar-refractivity contribution >= 4 is 36.4 Å². The van der Waals surface area contributed by atoms with Crippen LogP contribution in [0, 0.1) is 0 Å². The number of hydrogen-bond acceptors (Lipinski definition) is 4. The van der Waals surface area contributed by atoms with Gasteiger partial charge >= 0.3 is 6.18 Å². The monoisotopic (exact) mass is 568 g/mol. The molecule has 202 valence electrons. The topological polar surface area (TPSA) is 44.7 Å². The summed E-state index contributed by atoms with van der Waals surface area (Å²) in [6, 6.07) is 10.7. The Balaban J connectivity index is 0.00000228. The van der Waals surface area contributed by atoms with Gasteiger partial charge in [0, 0.05) is 38.6 Å². The smallest absolute Gasteiger partial charge is 0.416 e. The Morgan fingerprint density at radius 3 is 2.36 bits per heavy atom.